The maximum Gasteiger partial charge on any atom is 0.227 e. The Hall–Kier alpha value is -4.96. The number of amides is 2. The molecule has 44 heavy (non-hydrogen) atoms. The lowest BCUT2D eigenvalue weighted by Crippen LogP contribution is -2.25. The highest BCUT2D eigenvalue weighted by Crippen LogP contribution is 2.36. The van der Waals surface area contributed by atoms with Gasteiger partial charge in [-0.15, -0.1) is 0 Å². The Morgan fingerprint density at radius 1 is 0.795 bits per heavy atom. The van der Waals surface area contributed by atoms with Gasteiger partial charge in [-0.1, -0.05) is 104 Å². The highest BCUT2D eigenvalue weighted by atomic mass is 16.2. The molecule has 0 atom stereocenters. The van der Waals surface area contributed by atoms with E-state index in [2.05, 4.69) is 75.6 Å². The van der Waals surface area contributed by atoms with Crippen molar-refractivity contribution in [3.05, 3.63) is 156 Å². The molecule has 2 aliphatic rings. The topological polar surface area (TPSA) is 40.6 Å². The molecule has 3 aromatic rings. The molecule has 3 aromatic carbocycles. The van der Waals surface area contributed by atoms with E-state index in [0.29, 0.717) is 25.9 Å². The number of aryl methyl sites for hydroxylation is 2. The number of benzene rings is 3. The van der Waals surface area contributed by atoms with Crippen molar-refractivity contribution in [3.8, 4) is 11.1 Å². The van der Waals surface area contributed by atoms with Crippen LogP contribution >= 0.6 is 0 Å². The fourth-order valence-electron chi connectivity index (χ4n) is 5.85. The van der Waals surface area contributed by atoms with Crippen LogP contribution in [0.5, 0.6) is 0 Å². The predicted octanol–water partition coefficient (Wildman–Crippen LogP) is 8.82. The van der Waals surface area contributed by atoms with E-state index in [0.717, 1.165) is 68.6 Å². The second-order valence-electron chi connectivity index (χ2n) is 11.3. The summed E-state index contributed by atoms with van der Waals surface area (Å²) in [7, 11) is 0. The molecule has 2 amide bonds. The summed E-state index contributed by atoms with van der Waals surface area (Å²) in [5.74, 6) is 0.181. The molecule has 4 heteroatoms. The normalized spacial score (nSPS) is 16.4. The van der Waals surface area contributed by atoms with Gasteiger partial charge in [-0.25, -0.2) is 0 Å². The average Bonchev–Trinajstić information content (AvgIpc) is 3.65. The number of hydrogen-bond donors (Lipinski definition) is 0. The third kappa shape index (κ3) is 6.81. The highest BCUT2D eigenvalue weighted by Gasteiger charge is 2.27. The molecule has 0 spiro atoms. The molecule has 0 bridgehead atoms. The largest absolute Gasteiger partial charge is 0.318 e. The number of allylic oxidation sites excluding steroid dienone is 6. The van der Waals surface area contributed by atoms with Gasteiger partial charge >= 0.3 is 0 Å². The summed E-state index contributed by atoms with van der Waals surface area (Å²) >= 11 is 0. The van der Waals surface area contributed by atoms with Crippen LogP contribution in [0, 0.1) is 13.8 Å². The number of likely N-dealkylation sites (tertiary alicyclic amines) is 2. The lowest BCUT2D eigenvalue weighted by atomic mass is 9.90. The number of carbonyl (C=O) groups is 2. The van der Waals surface area contributed by atoms with Crippen LogP contribution in [0.15, 0.2) is 133 Å². The van der Waals surface area contributed by atoms with E-state index in [-0.39, 0.29) is 11.8 Å². The predicted molar refractivity (Wildman–Crippen MR) is 182 cm³/mol. The average molecular weight is 581 g/mol. The second kappa shape index (κ2) is 14.0. The van der Waals surface area contributed by atoms with Crippen LogP contribution in [0.1, 0.15) is 47.9 Å². The molecule has 0 unspecified atom stereocenters. The van der Waals surface area contributed by atoms with E-state index in [1.807, 2.05) is 64.6 Å². The number of hydrogen-bond acceptors (Lipinski definition) is 2. The van der Waals surface area contributed by atoms with Crippen molar-refractivity contribution in [2.75, 3.05) is 13.1 Å². The zero-order chi connectivity index (χ0) is 31.1. The van der Waals surface area contributed by atoms with Crippen molar-refractivity contribution in [3.63, 3.8) is 0 Å². The van der Waals surface area contributed by atoms with E-state index in [9.17, 15) is 9.59 Å². The Labute approximate surface area is 261 Å². The molecule has 0 saturated carbocycles. The summed E-state index contributed by atoms with van der Waals surface area (Å²) in [6, 6.07) is 24.8. The molecule has 0 aliphatic carbocycles. The van der Waals surface area contributed by atoms with Gasteiger partial charge in [-0.05, 0) is 83.4 Å². The van der Waals surface area contributed by atoms with Gasteiger partial charge in [0.1, 0.15) is 0 Å². The highest BCUT2D eigenvalue weighted by molar-refractivity contribution is 5.91. The van der Waals surface area contributed by atoms with Crippen molar-refractivity contribution in [2.24, 2.45) is 0 Å². The van der Waals surface area contributed by atoms with Crippen LogP contribution in [0.2, 0.25) is 0 Å². The van der Waals surface area contributed by atoms with Crippen molar-refractivity contribution in [1.82, 2.24) is 9.80 Å². The smallest absolute Gasteiger partial charge is 0.227 e. The molecule has 2 heterocycles. The Morgan fingerprint density at radius 3 is 2.11 bits per heavy atom. The number of carbonyl (C=O) groups excluding carboxylic acids is 2. The van der Waals surface area contributed by atoms with Gasteiger partial charge in [0.2, 0.25) is 11.8 Å². The van der Waals surface area contributed by atoms with Gasteiger partial charge in [0, 0.05) is 37.7 Å². The molecule has 4 nitrogen and oxygen atoms in total. The first-order valence-corrected chi connectivity index (χ1v) is 15.3. The summed E-state index contributed by atoms with van der Waals surface area (Å²) in [6.45, 7) is 13.9. The summed E-state index contributed by atoms with van der Waals surface area (Å²) in [5.41, 5.74) is 9.78. The maximum atomic E-state index is 13.3. The molecule has 2 aliphatic heterocycles. The summed E-state index contributed by atoms with van der Waals surface area (Å²) in [6.07, 6.45) is 14.4. The summed E-state index contributed by atoms with van der Waals surface area (Å²) < 4.78 is 0. The molecule has 0 N–H and O–H groups in total. The van der Waals surface area contributed by atoms with Crippen LogP contribution in [-0.4, -0.2) is 34.7 Å². The van der Waals surface area contributed by atoms with Crippen LogP contribution in [-0.2, 0) is 9.59 Å². The first kappa shape index (κ1) is 30.5. The lowest BCUT2D eigenvalue weighted by Gasteiger charge is -2.25. The summed E-state index contributed by atoms with van der Waals surface area (Å²) in [4.78, 5) is 29.9. The third-order valence-electron chi connectivity index (χ3n) is 8.30. The molecular weight excluding hydrogens is 540 g/mol. The van der Waals surface area contributed by atoms with E-state index >= 15 is 0 Å². The Bertz CT molecular complexity index is 1720. The number of rotatable bonds is 10. The van der Waals surface area contributed by atoms with Crippen LogP contribution in [0.3, 0.4) is 0 Å². The molecular formula is C40H40N2O2. The standard InChI is InChI=1S/C40H40N2O2/c1-5-6-17-33(26-32-18-9-7-15-29(32)2)31(4)38(42-25-14-23-40(42)44)27-34(28-41-24-13-22-39(41)43)36-20-11-12-21-37(36)35-19-10-8-16-30(35)3/h5-12,15-21,26-28H,1,4,13-14,22-25H2,2-3H3/b17-6-,33-26-,34-28-,38-27+. The van der Waals surface area contributed by atoms with Crippen molar-refractivity contribution in [1.29, 1.82) is 0 Å². The van der Waals surface area contributed by atoms with Crippen molar-refractivity contribution < 1.29 is 9.59 Å². The van der Waals surface area contributed by atoms with Gasteiger partial charge in [-0.3, -0.25) is 9.59 Å². The van der Waals surface area contributed by atoms with Gasteiger partial charge in [0.15, 0.2) is 0 Å². The zero-order valence-electron chi connectivity index (χ0n) is 25.8. The molecule has 5 rings (SSSR count). The fraction of sp³-hybridized carbons (Fsp3) is 0.200. The zero-order valence-corrected chi connectivity index (χ0v) is 25.8. The molecule has 2 saturated heterocycles. The minimum Gasteiger partial charge on any atom is -0.318 e. The van der Waals surface area contributed by atoms with E-state index in [1.54, 1.807) is 6.08 Å². The van der Waals surface area contributed by atoms with Gasteiger partial charge in [0.25, 0.3) is 0 Å². The summed E-state index contributed by atoms with van der Waals surface area (Å²) in [5, 5.41) is 0. The van der Waals surface area contributed by atoms with Crippen LogP contribution in [0.4, 0.5) is 0 Å². The van der Waals surface area contributed by atoms with Gasteiger partial charge in [0.05, 0.1) is 5.70 Å². The fourth-order valence-corrected chi connectivity index (χ4v) is 5.85. The van der Waals surface area contributed by atoms with Crippen molar-refractivity contribution >= 4 is 23.5 Å². The molecule has 222 valence electrons. The minimum atomic E-state index is 0.0733. The Morgan fingerprint density at radius 2 is 1.45 bits per heavy atom. The Balaban J connectivity index is 1.73. The lowest BCUT2D eigenvalue weighted by molar-refractivity contribution is -0.126. The second-order valence-corrected chi connectivity index (χ2v) is 11.3. The van der Waals surface area contributed by atoms with E-state index in [1.165, 1.54) is 0 Å². The quantitative estimate of drug-likeness (QED) is 0.225. The molecule has 0 aromatic heterocycles. The maximum absolute atomic E-state index is 13.3. The molecule has 0 radical (unpaired) electrons. The first-order valence-electron chi connectivity index (χ1n) is 15.3. The van der Waals surface area contributed by atoms with Gasteiger partial charge in [-0.2, -0.15) is 0 Å². The first-order chi connectivity index (χ1) is 21.4. The number of nitrogens with zero attached hydrogens (tertiary/aromatic N) is 2. The van der Waals surface area contributed by atoms with Crippen LogP contribution < -0.4 is 0 Å². The third-order valence-corrected chi connectivity index (χ3v) is 8.30. The van der Waals surface area contributed by atoms with E-state index in [4.69, 9.17) is 0 Å². The van der Waals surface area contributed by atoms with Crippen molar-refractivity contribution in [2.45, 2.75) is 39.5 Å². The minimum absolute atomic E-state index is 0.0733. The molecule has 2 fully saturated rings. The SMILES string of the molecule is C=C/C=C\C(=C\c1ccccc1C)C(=C)/C(=C\C(=C\N1CCCC1=O)c1ccccc1-c1ccccc1C)N1CCCC1=O. The van der Waals surface area contributed by atoms with E-state index < -0.39 is 0 Å². The monoisotopic (exact) mass is 580 g/mol. The Kier molecular flexibility index (Phi) is 9.71. The van der Waals surface area contributed by atoms with Crippen LogP contribution in [0.25, 0.3) is 22.8 Å². The van der Waals surface area contributed by atoms with Gasteiger partial charge < -0.3 is 9.80 Å².